The van der Waals surface area contributed by atoms with E-state index in [2.05, 4.69) is 10.1 Å². The van der Waals surface area contributed by atoms with Gasteiger partial charge < -0.3 is 10.1 Å². The third kappa shape index (κ3) is 4.94. The highest BCUT2D eigenvalue weighted by molar-refractivity contribution is 7.92. The van der Waals surface area contributed by atoms with Crippen molar-refractivity contribution in [1.82, 2.24) is 5.32 Å². The lowest BCUT2D eigenvalue weighted by Gasteiger charge is -2.29. The summed E-state index contributed by atoms with van der Waals surface area (Å²) in [4.78, 5) is 11.1. The van der Waals surface area contributed by atoms with Crippen molar-refractivity contribution in [2.24, 2.45) is 5.92 Å². The Labute approximate surface area is 109 Å². The first-order valence-electron chi connectivity index (χ1n) is 6.43. The summed E-state index contributed by atoms with van der Waals surface area (Å²) in [6.07, 6.45) is 5.71. The van der Waals surface area contributed by atoms with E-state index in [1.54, 1.807) is 7.05 Å². The molecule has 0 spiro atoms. The quantitative estimate of drug-likeness (QED) is 0.725. The lowest BCUT2D eigenvalue weighted by atomic mass is 9.84. The maximum absolute atomic E-state index is 11.9. The predicted octanol–water partition coefficient (Wildman–Crippen LogP) is 0.742. The molecule has 1 atom stereocenters. The molecule has 0 aromatic heterocycles. The van der Waals surface area contributed by atoms with Crippen molar-refractivity contribution in [2.45, 2.75) is 38.1 Å². The minimum Gasteiger partial charge on any atom is -0.468 e. The van der Waals surface area contributed by atoms with Crippen LogP contribution in [0, 0.1) is 5.92 Å². The second-order valence-corrected chi connectivity index (χ2v) is 7.03. The number of ether oxygens (including phenoxy) is 1. The zero-order chi connectivity index (χ0) is 13.6. The van der Waals surface area contributed by atoms with E-state index in [1.807, 2.05) is 0 Å². The zero-order valence-electron chi connectivity index (χ0n) is 11.1. The molecular weight excluding hydrogens is 254 g/mol. The number of carbonyl (C=O) groups excluding carboxylic acids is 1. The number of esters is 1. The molecule has 1 rings (SSSR count). The van der Waals surface area contributed by atoms with Gasteiger partial charge in [-0.25, -0.2) is 8.42 Å². The van der Waals surface area contributed by atoms with Crippen molar-refractivity contribution >= 4 is 15.8 Å². The van der Waals surface area contributed by atoms with Crippen LogP contribution in [-0.2, 0) is 19.4 Å². The minimum absolute atomic E-state index is 0.0171. The second-order valence-electron chi connectivity index (χ2n) is 4.92. The summed E-state index contributed by atoms with van der Waals surface area (Å²) >= 11 is 0. The fourth-order valence-corrected chi connectivity index (χ4v) is 4.14. The number of rotatable bonds is 6. The van der Waals surface area contributed by atoms with Gasteiger partial charge >= 0.3 is 5.97 Å². The first-order valence-corrected chi connectivity index (χ1v) is 8.25. The number of nitrogens with one attached hydrogen (secondary N) is 1. The van der Waals surface area contributed by atoms with Gasteiger partial charge in [0.05, 0.1) is 12.9 Å². The topological polar surface area (TPSA) is 72.5 Å². The van der Waals surface area contributed by atoms with E-state index in [1.165, 1.54) is 26.4 Å². The summed E-state index contributed by atoms with van der Waals surface area (Å²) in [7, 11) is -0.403. The summed E-state index contributed by atoms with van der Waals surface area (Å²) in [5.74, 6) is -0.790. The molecule has 1 aliphatic rings. The highest BCUT2D eigenvalue weighted by Gasteiger charge is 2.28. The molecule has 1 N–H and O–H groups in total. The van der Waals surface area contributed by atoms with Crippen LogP contribution in [0.2, 0.25) is 0 Å². The number of carbonyl (C=O) groups is 1. The summed E-state index contributed by atoms with van der Waals surface area (Å²) < 4.78 is 28.2. The number of sulfone groups is 1. The van der Waals surface area contributed by atoms with Crippen LogP contribution in [0.5, 0.6) is 0 Å². The minimum atomic E-state index is -3.39. The normalized spacial score (nSPS) is 19.4. The number of methoxy groups -OCH3 is 1. The van der Waals surface area contributed by atoms with Gasteiger partial charge in [0.15, 0.2) is 9.84 Å². The molecule has 0 aromatic carbocycles. The molecule has 18 heavy (non-hydrogen) atoms. The highest BCUT2D eigenvalue weighted by Crippen LogP contribution is 2.27. The molecule has 0 bridgehead atoms. The molecule has 106 valence electrons. The lowest BCUT2D eigenvalue weighted by molar-refractivity contribution is -0.137. The Morgan fingerprint density at radius 3 is 2.44 bits per heavy atom. The van der Waals surface area contributed by atoms with Crippen molar-refractivity contribution in [3.8, 4) is 0 Å². The van der Waals surface area contributed by atoms with Gasteiger partial charge in [-0.2, -0.15) is 0 Å². The molecule has 0 aromatic rings. The van der Waals surface area contributed by atoms with Crippen LogP contribution in [0.1, 0.15) is 32.1 Å². The molecule has 0 radical (unpaired) electrons. The fourth-order valence-electron chi connectivity index (χ4n) is 2.56. The number of hydrogen-bond donors (Lipinski definition) is 1. The largest absolute Gasteiger partial charge is 0.468 e. The average Bonchev–Trinajstić information content (AvgIpc) is 2.36. The molecule has 1 fully saturated rings. The molecule has 0 amide bonds. The van der Waals surface area contributed by atoms with Crippen molar-refractivity contribution < 1.29 is 17.9 Å². The Kier molecular flexibility index (Phi) is 6.08. The van der Waals surface area contributed by atoms with E-state index in [4.69, 9.17) is 0 Å². The van der Waals surface area contributed by atoms with Gasteiger partial charge in [-0.1, -0.05) is 19.3 Å². The molecule has 0 saturated heterocycles. The maximum Gasteiger partial charge on any atom is 0.320 e. The Morgan fingerprint density at radius 2 is 1.94 bits per heavy atom. The van der Waals surface area contributed by atoms with Crippen LogP contribution >= 0.6 is 0 Å². The van der Waals surface area contributed by atoms with Crippen LogP contribution in [0.3, 0.4) is 0 Å². The lowest BCUT2D eigenvalue weighted by Crippen LogP contribution is -2.41. The smallest absolute Gasteiger partial charge is 0.320 e. The summed E-state index contributed by atoms with van der Waals surface area (Å²) in [6, 6.07) is -0.0556. The van der Waals surface area contributed by atoms with Gasteiger partial charge in [0.1, 0.15) is 5.75 Å². The zero-order valence-corrected chi connectivity index (χ0v) is 12.0. The molecule has 1 aliphatic carbocycles. The van der Waals surface area contributed by atoms with Crippen molar-refractivity contribution in [3.63, 3.8) is 0 Å². The monoisotopic (exact) mass is 277 g/mol. The van der Waals surface area contributed by atoms with Crippen LogP contribution in [-0.4, -0.2) is 46.1 Å². The Bertz CT molecular complexity index is 360. The standard InChI is InChI=1S/C12H23NO4S/c1-13-11(10-6-4-3-5-7-10)8-18(15,16)9-12(14)17-2/h10-11,13H,3-9H2,1-2H3. The van der Waals surface area contributed by atoms with Crippen molar-refractivity contribution in [1.29, 1.82) is 0 Å². The van der Waals surface area contributed by atoms with Crippen LogP contribution in [0.4, 0.5) is 0 Å². The second kappa shape index (κ2) is 7.09. The van der Waals surface area contributed by atoms with Crippen molar-refractivity contribution in [3.05, 3.63) is 0 Å². The van der Waals surface area contributed by atoms with E-state index in [-0.39, 0.29) is 11.8 Å². The van der Waals surface area contributed by atoms with Gasteiger partial charge in [0.2, 0.25) is 0 Å². The van der Waals surface area contributed by atoms with E-state index < -0.39 is 21.6 Å². The molecule has 5 nitrogen and oxygen atoms in total. The predicted molar refractivity (Wildman–Crippen MR) is 70.1 cm³/mol. The van der Waals surface area contributed by atoms with Gasteiger partial charge in [-0.05, 0) is 25.8 Å². The average molecular weight is 277 g/mol. The summed E-state index contributed by atoms with van der Waals surface area (Å²) in [5.41, 5.74) is 0. The van der Waals surface area contributed by atoms with Crippen LogP contribution in [0.15, 0.2) is 0 Å². The Balaban J connectivity index is 2.58. The first-order chi connectivity index (χ1) is 8.48. The third-order valence-electron chi connectivity index (χ3n) is 3.59. The Hall–Kier alpha value is -0.620. The summed E-state index contributed by atoms with van der Waals surface area (Å²) in [5, 5.41) is 3.09. The summed E-state index contributed by atoms with van der Waals surface area (Å²) in [6.45, 7) is 0. The van der Waals surface area contributed by atoms with Gasteiger partial charge in [0.25, 0.3) is 0 Å². The van der Waals surface area contributed by atoms with E-state index in [0.29, 0.717) is 5.92 Å². The van der Waals surface area contributed by atoms with E-state index in [0.717, 1.165) is 12.8 Å². The van der Waals surface area contributed by atoms with E-state index in [9.17, 15) is 13.2 Å². The molecule has 1 saturated carbocycles. The molecular formula is C12H23NO4S. The SMILES string of the molecule is CNC(CS(=O)(=O)CC(=O)OC)C1CCCCC1. The fraction of sp³-hybridized carbons (Fsp3) is 0.917. The maximum atomic E-state index is 11.9. The Morgan fingerprint density at radius 1 is 1.33 bits per heavy atom. The molecule has 0 aliphatic heterocycles. The molecule has 1 unspecified atom stereocenters. The third-order valence-corrected chi connectivity index (χ3v) is 5.13. The van der Waals surface area contributed by atoms with Crippen molar-refractivity contribution in [2.75, 3.05) is 25.7 Å². The van der Waals surface area contributed by atoms with Gasteiger partial charge in [-0.15, -0.1) is 0 Å². The van der Waals surface area contributed by atoms with Crippen LogP contribution in [0.25, 0.3) is 0 Å². The molecule has 0 heterocycles. The van der Waals surface area contributed by atoms with Crippen LogP contribution < -0.4 is 5.32 Å². The molecule has 6 heteroatoms. The van der Waals surface area contributed by atoms with Gasteiger partial charge in [-0.3, -0.25) is 4.79 Å². The highest BCUT2D eigenvalue weighted by atomic mass is 32.2. The van der Waals surface area contributed by atoms with E-state index >= 15 is 0 Å². The number of hydrogen-bond acceptors (Lipinski definition) is 5. The first kappa shape index (κ1) is 15.4. The van der Waals surface area contributed by atoms with Gasteiger partial charge in [0, 0.05) is 6.04 Å².